The first-order valence-electron chi connectivity index (χ1n) is 9.33. The molecule has 7 nitrogen and oxygen atoms in total. The van der Waals surface area contributed by atoms with Crippen LogP contribution in [-0.2, 0) is 6.42 Å². The van der Waals surface area contributed by atoms with Crippen molar-refractivity contribution in [3.63, 3.8) is 0 Å². The average Bonchev–Trinajstić information content (AvgIpc) is 3.09. The third-order valence-corrected chi connectivity index (χ3v) is 4.95. The van der Waals surface area contributed by atoms with Gasteiger partial charge >= 0.3 is 0 Å². The van der Waals surface area contributed by atoms with E-state index in [1.807, 2.05) is 37.3 Å². The highest BCUT2D eigenvalue weighted by Gasteiger charge is 2.31. The van der Waals surface area contributed by atoms with Gasteiger partial charge in [0.1, 0.15) is 11.5 Å². The molecule has 1 N–H and O–H groups in total. The fraction of sp³-hybridized carbons (Fsp3) is 0.227. The monoisotopic (exact) mass is 390 g/mol. The van der Waals surface area contributed by atoms with Crippen molar-refractivity contribution in [1.82, 2.24) is 9.97 Å². The van der Waals surface area contributed by atoms with Gasteiger partial charge in [0, 0.05) is 23.5 Å². The number of ether oxygens (including phenoxy) is 2. The van der Waals surface area contributed by atoms with Gasteiger partial charge in [-0.15, -0.1) is 0 Å². The van der Waals surface area contributed by atoms with E-state index in [0.717, 1.165) is 17.8 Å². The lowest BCUT2D eigenvalue weighted by Gasteiger charge is -2.22. The standard InChI is InChI=1S/C22H22N4O3/c1-14-10-15-6-4-5-7-18(15)26(14)22(27)17-12-24-21(13-23-17)25-16-8-9-19(28-2)20(11-16)29-3/h4-9,11-14H,10H2,1-3H3,(H,24,25). The number of carbonyl (C=O) groups excluding carboxylic acids is 1. The zero-order chi connectivity index (χ0) is 20.4. The number of aromatic nitrogens is 2. The normalized spacial score (nSPS) is 15.0. The van der Waals surface area contributed by atoms with Crippen LogP contribution >= 0.6 is 0 Å². The van der Waals surface area contributed by atoms with E-state index in [9.17, 15) is 4.79 Å². The first-order valence-corrected chi connectivity index (χ1v) is 9.33. The van der Waals surface area contributed by atoms with E-state index in [1.54, 1.807) is 31.4 Å². The molecule has 148 valence electrons. The molecule has 3 aromatic rings. The van der Waals surface area contributed by atoms with Crippen LogP contribution in [-0.4, -0.2) is 36.1 Å². The maximum atomic E-state index is 13.0. The topological polar surface area (TPSA) is 76.6 Å². The molecule has 7 heteroatoms. The Morgan fingerprint density at radius 2 is 1.86 bits per heavy atom. The number of amides is 1. The van der Waals surface area contributed by atoms with E-state index in [2.05, 4.69) is 21.4 Å². The lowest BCUT2D eigenvalue weighted by molar-refractivity contribution is 0.0976. The summed E-state index contributed by atoms with van der Waals surface area (Å²) in [6, 6.07) is 13.5. The predicted octanol–water partition coefficient (Wildman–Crippen LogP) is 3.83. The van der Waals surface area contributed by atoms with Crippen molar-refractivity contribution in [2.75, 3.05) is 24.4 Å². The zero-order valence-corrected chi connectivity index (χ0v) is 16.5. The van der Waals surface area contributed by atoms with Crippen molar-refractivity contribution in [2.45, 2.75) is 19.4 Å². The summed E-state index contributed by atoms with van der Waals surface area (Å²) < 4.78 is 10.6. The second-order valence-electron chi connectivity index (χ2n) is 6.84. The molecule has 1 aliphatic rings. The summed E-state index contributed by atoms with van der Waals surface area (Å²) in [5.74, 6) is 1.64. The van der Waals surface area contributed by atoms with E-state index in [1.165, 1.54) is 11.8 Å². The zero-order valence-electron chi connectivity index (χ0n) is 16.5. The summed E-state index contributed by atoms with van der Waals surface area (Å²) in [5, 5.41) is 3.16. The van der Waals surface area contributed by atoms with Crippen molar-refractivity contribution in [1.29, 1.82) is 0 Å². The molecular formula is C22H22N4O3. The Morgan fingerprint density at radius 3 is 2.59 bits per heavy atom. The lowest BCUT2D eigenvalue weighted by atomic mass is 10.1. The minimum atomic E-state index is -0.146. The smallest absolute Gasteiger partial charge is 0.278 e. The highest BCUT2D eigenvalue weighted by molar-refractivity contribution is 6.06. The summed E-state index contributed by atoms with van der Waals surface area (Å²) in [6.07, 6.45) is 3.89. The van der Waals surface area contributed by atoms with Gasteiger partial charge in [-0.05, 0) is 37.1 Å². The lowest BCUT2D eigenvalue weighted by Crippen LogP contribution is -2.36. The Hall–Kier alpha value is -3.61. The predicted molar refractivity (Wildman–Crippen MR) is 111 cm³/mol. The van der Waals surface area contributed by atoms with Crippen molar-refractivity contribution in [3.05, 3.63) is 66.1 Å². The third kappa shape index (κ3) is 3.59. The van der Waals surface area contributed by atoms with Crippen molar-refractivity contribution in [3.8, 4) is 11.5 Å². The van der Waals surface area contributed by atoms with Crippen molar-refractivity contribution >= 4 is 23.1 Å². The molecule has 0 spiro atoms. The van der Waals surface area contributed by atoms with Crippen LogP contribution in [0.2, 0.25) is 0 Å². The first-order chi connectivity index (χ1) is 14.1. The highest BCUT2D eigenvalue weighted by Crippen LogP contribution is 2.33. The maximum Gasteiger partial charge on any atom is 0.278 e. The Bertz CT molecular complexity index is 1040. The minimum absolute atomic E-state index is 0.0891. The van der Waals surface area contributed by atoms with E-state index >= 15 is 0 Å². The fourth-order valence-corrected chi connectivity index (χ4v) is 3.56. The van der Waals surface area contributed by atoms with Crippen LogP contribution in [0.5, 0.6) is 11.5 Å². The molecule has 1 unspecified atom stereocenters. The molecule has 2 aromatic carbocycles. The first kappa shape index (κ1) is 18.7. The number of fused-ring (bicyclic) bond motifs is 1. The molecule has 1 aromatic heterocycles. The summed E-state index contributed by atoms with van der Waals surface area (Å²) in [5.41, 5.74) is 3.21. The number of para-hydroxylation sites is 1. The summed E-state index contributed by atoms with van der Waals surface area (Å²) in [4.78, 5) is 23.5. The van der Waals surface area contributed by atoms with Crippen molar-refractivity contribution in [2.24, 2.45) is 0 Å². The van der Waals surface area contributed by atoms with E-state index in [-0.39, 0.29) is 11.9 Å². The number of methoxy groups -OCH3 is 2. The third-order valence-electron chi connectivity index (χ3n) is 4.95. The van der Waals surface area contributed by atoms with Gasteiger partial charge in [0.2, 0.25) is 0 Å². The SMILES string of the molecule is COc1ccc(Nc2cnc(C(=O)N3c4ccccc4CC3C)cn2)cc1OC. The van der Waals surface area contributed by atoms with Gasteiger partial charge < -0.3 is 19.7 Å². The Labute approximate surface area is 169 Å². The Kier molecular flexibility index (Phi) is 5.03. The minimum Gasteiger partial charge on any atom is -0.493 e. The van der Waals surface area contributed by atoms with Crippen molar-refractivity contribution < 1.29 is 14.3 Å². The summed E-state index contributed by atoms with van der Waals surface area (Å²) in [6.45, 7) is 2.04. The molecule has 1 aliphatic heterocycles. The number of nitrogens with zero attached hydrogens (tertiary/aromatic N) is 3. The molecule has 4 rings (SSSR count). The number of benzene rings is 2. The molecule has 2 heterocycles. The van der Waals surface area contributed by atoms with Gasteiger partial charge in [-0.25, -0.2) is 9.97 Å². The molecule has 0 bridgehead atoms. The fourth-order valence-electron chi connectivity index (χ4n) is 3.56. The Balaban J connectivity index is 1.52. The van der Waals surface area contributed by atoms with Gasteiger partial charge in [-0.2, -0.15) is 0 Å². The molecule has 29 heavy (non-hydrogen) atoms. The van der Waals surface area contributed by atoms with Gasteiger partial charge in [-0.3, -0.25) is 4.79 Å². The second kappa shape index (κ2) is 7.79. The number of hydrogen-bond donors (Lipinski definition) is 1. The number of anilines is 3. The Morgan fingerprint density at radius 1 is 1.07 bits per heavy atom. The molecular weight excluding hydrogens is 368 g/mol. The van der Waals surface area contributed by atoms with Crippen LogP contribution < -0.4 is 19.7 Å². The maximum absolute atomic E-state index is 13.0. The highest BCUT2D eigenvalue weighted by atomic mass is 16.5. The largest absolute Gasteiger partial charge is 0.493 e. The second-order valence-corrected chi connectivity index (χ2v) is 6.84. The van der Waals surface area contributed by atoms with E-state index in [4.69, 9.17) is 9.47 Å². The van der Waals surface area contributed by atoms with Crippen LogP contribution in [0.4, 0.5) is 17.2 Å². The van der Waals surface area contributed by atoms with Crippen LogP contribution in [0.25, 0.3) is 0 Å². The van der Waals surface area contributed by atoms with Crippen LogP contribution in [0.15, 0.2) is 54.9 Å². The molecule has 1 amide bonds. The summed E-state index contributed by atoms with van der Waals surface area (Å²) >= 11 is 0. The molecule has 0 saturated heterocycles. The van der Waals surface area contributed by atoms with Gasteiger partial charge in [-0.1, -0.05) is 18.2 Å². The van der Waals surface area contributed by atoms with Gasteiger partial charge in [0.05, 0.1) is 26.6 Å². The van der Waals surface area contributed by atoms with E-state index < -0.39 is 0 Å². The van der Waals surface area contributed by atoms with Gasteiger partial charge in [0.25, 0.3) is 5.91 Å². The number of nitrogens with one attached hydrogen (secondary N) is 1. The molecule has 1 atom stereocenters. The quantitative estimate of drug-likeness (QED) is 0.714. The van der Waals surface area contributed by atoms with E-state index in [0.29, 0.717) is 23.0 Å². The molecule has 0 fully saturated rings. The van der Waals surface area contributed by atoms with Crippen LogP contribution in [0, 0.1) is 0 Å². The van der Waals surface area contributed by atoms with Crippen LogP contribution in [0.1, 0.15) is 23.0 Å². The van der Waals surface area contributed by atoms with Crippen LogP contribution in [0.3, 0.4) is 0 Å². The van der Waals surface area contributed by atoms with Gasteiger partial charge in [0.15, 0.2) is 11.5 Å². The summed E-state index contributed by atoms with van der Waals surface area (Å²) in [7, 11) is 3.17. The average molecular weight is 390 g/mol. The molecule has 0 saturated carbocycles. The molecule has 0 radical (unpaired) electrons. The number of carbonyl (C=O) groups is 1. The number of hydrogen-bond acceptors (Lipinski definition) is 6. The number of rotatable bonds is 5. The molecule has 0 aliphatic carbocycles.